The number of hydrogen-bond acceptors (Lipinski definition) is 6. The molecule has 3 N–H and O–H groups in total. The maximum absolute atomic E-state index is 12.4. The number of benzene rings is 2. The summed E-state index contributed by atoms with van der Waals surface area (Å²) in [6, 6.07) is 9.63. The van der Waals surface area contributed by atoms with Crippen LogP contribution in [0.3, 0.4) is 0 Å². The van der Waals surface area contributed by atoms with Crippen molar-refractivity contribution in [2.45, 2.75) is 25.2 Å². The predicted molar refractivity (Wildman–Crippen MR) is 113 cm³/mol. The number of carbonyl (C=O) groups is 3. The maximum atomic E-state index is 12.4. The second-order valence-electron chi connectivity index (χ2n) is 7.35. The zero-order chi connectivity index (χ0) is 22.8. The van der Waals surface area contributed by atoms with Gasteiger partial charge in [-0.25, -0.2) is 13.6 Å². The summed E-state index contributed by atoms with van der Waals surface area (Å²) in [5, 5.41) is 7.61. The number of nitrogens with zero attached hydrogens (tertiary/aromatic N) is 1. The van der Waals surface area contributed by atoms with Gasteiger partial charge in [-0.1, -0.05) is 17.2 Å². The molecule has 9 nitrogen and oxygen atoms in total. The fraction of sp³-hybridized carbons (Fsp3) is 0.286. The number of carbonyl (C=O) groups excluding carboxylic acids is 3. The van der Waals surface area contributed by atoms with E-state index >= 15 is 0 Å². The highest BCUT2D eigenvalue weighted by molar-refractivity contribution is 7.89. The first-order valence-electron chi connectivity index (χ1n) is 9.53. The molecule has 3 rings (SSSR count). The van der Waals surface area contributed by atoms with Crippen LogP contribution in [0.15, 0.2) is 41.3 Å². The van der Waals surface area contributed by atoms with E-state index in [9.17, 15) is 22.8 Å². The van der Waals surface area contributed by atoms with Crippen molar-refractivity contribution in [3.05, 3.63) is 58.7 Å². The van der Waals surface area contributed by atoms with Crippen molar-refractivity contribution in [1.82, 2.24) is 5.32 Å². The van der Waals surface area contributed by atoms with Crippen molar-refractivity contribution in [3.63, 3.8) is 0 Å². The zero-order valence-electron chi connectivity index (χ0n) is 17.2. The fourth-order valence-corrected chi connectivity index (χ4v) is 4.01. The molecule has 1 aliphatic heterocycles. The van der Waals surface area contributed by atoms with Crippen molar-refractivity contribution in [2.24, 2.45) is 5.14 Å². The molecule has 0 fully saturated rings. The summed E-state index contributed by atoms with van der Waals surface area (Å²) in [5.41, 5.74) is 3.53. The van der Waals surface area contributed by atoms with E-state index in [1.54, 1.807) is 12.1 Å². The Bertz CT molecular complexity index is 1140. The van der Waals surface area contributed by atoms with Crippen LogP contribution >= 0.6 is 0 Å². The molecule has 31 heavy (non-hydrogen) atoms. The Morgan fingerprint density at radius 1 is 1.10 bits per heavy atom. The van der Waals surface area contributed by atoms with Crippen LogP contribution in [0.5, 0.6) is 0 Å². The minimum absolute atomic E-state index is 0.0217. The minimum atomic E-state index is -3.83. The standard InChI is InChI=1S/C21H23N3O6S/c1-13-7-14(2)9-16(8-13)21(27)23-11-20(26)30-12-19(25)24-6-5-15-10-17(31(22,28)29)3-4-18(15)24/h3-4,7-10H,5-6,11-12H2,1-2H3,(H,23,27)(H2,22,28,29). The Balaban J connectivity index is 1.52. The van der Waals surface area contributed by atoms with Gasteiger partial charge in [0.25, 0.3) is 11.8 Å². The average Bonchev–Trinajstić information content (AvgIpc) is 3.12. The highest BCUT2D eigenvalue weighted by atomic mass is 32.2. The second-order valence-corrected chi connectivity index (χ2v) is 8.91. The third-order valence-electron chi connectivity index (χ3n) is 4.81. The van der Waals surface area contributed by atoms with Crippen molar-refractivity contribution >= 4 is 33.5 Å². The minimum Gasteiger partial charge on any atom is -0.454 e. The number of esters is 1. The van der Waals surface area contributed by atoms with E-state index in [-0.39, 0.29) is 11.4 Å². The summed E-state index contributed by atoms with van der Waals surface area (Å²) in [7, 11) is -3.83. The van der Waals surface area contributed by atoms with Crippen molar-refractivity contribution in [3.8, 4) is 0 Å². The molecule has 0 radical (unpaired) electrons. The van der Waals surface area contributed by atoms with Gasteiger partial charge in [0.05, 0.1) is 4.90 Å². The Kier molecular flexibility index (Phi) is 6.42. The number of nitrogens with two attached hydrogens (primary N) is 1. The van der Waals surface area contributed by atoms with E-state index in [1.165, 1.54) is 23.1 Å². The zero-order valence-corrected chi connectivity index (χ0v) is 18.0. The molecule has 10 heteroatoms. The van der Waals surface area contributed by atoms with Crippen LogP contribution in [0, 0.1) is 13.8 Å². The summed E-state index contributed by atoms with van der Waals surface area (Å²) in [6.45, 7) is 3.22. The number of ether oxygens (including phenoxy) is 1. The molecule has 0 aromatic heterocycles. The van der Waals surface area contributed by atoms with Crippen LogP contribution in [0.25, 0.3) is 0 Å². The molecule has 2 aromatic rings. The number of fused-ring (bicyclic) bond motifs is 1. The highest BCUT2D eigenvalue weighted by Crippen LogP contribution is 2.30. The lowest BCUT2D eigenvalue weighted by atomic mass is 10.1. The van der Waals surface area contributed by atoms with Crippen LogP contribution in [-0.2, 0) is 30.8 Å². The number of aryl methyl sites for hydroxylation is 2. The van der Waals surface area contributed by atoms with Crippen molar-refractivity contribution in [2.75, 3.05) is 24.6 Å². The second kappa shape index (κ2) is 8.86. The van der Waals surface area contributed by atoms with E-state index in [4.69, 9.17) is 9.88 Å². The Morgan fingerprint density at radius 2 is 1.77 bits per heavy atom. The third kappa shape index (κ3) is 5.47. The van der Waals surface area contributed by atoms with E-state index in [2.05, 4.69) is 5.32 Å². The lowest BCUT2D eigenvalue weighted by Gasteiger charge is -2.17. The van der Waals surface area contributed by atoms with Gasteiger partial charge in [-0.2, -0.15) is 0 Å². The SMILES string of the molecule is Cc1cc(C)cc(C(=O)NCC(=O)OCC(=O)N2CCc3cc(S(N)(=O)=O)ccc32)c1. The summed E-state index contributed by atoms with van der Waals surface area (Å²) in [5.74, 6) is -1.60. The van der Waals surface area contributed by atoms with Gasteiger partial charge in [-0.3, -0.25) is 14.4 Å². The maximum Gasteiger partial charge on any atom is 0.325 e. The topological polar surface area (TPSA) is 136 Å². The number of amides is 2. The van der Waals surface area contributed by atoms with E-state index < -0.39 is 34.4 Å². The van der Waals surface area contributed by atoms with Crippen LogP contribution in [-0.4, -0.2) is 45.9 Å². The van der Waals surface area contributed by atoms with Gasteiger partial charge in [0.15, 0.2) is 6.61 Å². The van der Waals surface area contributed by atoms with Gasteiger partial charge >= 0.3 is 5.97 Å². The molecule has 0 saturated carbocycles. The number of rotatable bonds is 6. The quantitative estimate of drug-likeness (QED) is 0.632. The lowest BCUT2D eigenvalue weighted by Crippen LogP contribution is -2.36. The predicted octanol–water partition coefficient (Wildman–Crippen LogP) is 0.813. The van der Waals surface area contributed by atoms with Gasteiger partial charge in [-0.05, 0) is 56.2 Å². The molecule has 2 amide bonds. The van der Waals surface area contributed by atoms with E-state index in [1.807, 2.05) is 19.9 Å². The monoisotopic (exact) mass is 445 g/mol. The summed E-state index contributed by atoms with van der Waals surface area (Å²) in [4.78, 5) is 38.0. The third-order valence-corrected chi connectivity index (χ3v) is 5.72. The Hall–Kier alpha value is -3.24. The van der Waals surface area contributed by atoms with Crippen molar-refractivity contribution < 1.29 is 27.5 Å². The molecule has 0 bridgehead atoms. The molecule has 1 heterocycles. The van der Waals surface area contributed by atoms with Gasteiger partial charge in [-0.15, -0.1) is 0 Å². The molecular weight excluding hydrogens is 422 g/mol. The molecule has 0 unspecified atom stereocenters. The normalized spacial score (nSPS) is 12.9. The fourth-order valence-electron chi connectivity index (χ4n) is 3.45. The first-order chi connectivity index (χ1) is 14.5. The van der Waals surface area contributed by atoms with Gasteiger partial charge in [0.2, 0.25) is 10.0 Å². The van der Waals surface area contributed by atoms with Crippen LogP contribution < -0.4 is 15.4 Å². The number of nitrogens with one attached hydrogen (secondary N) is 1. The molecular formula is C21H23N3O6S. The van der Waals surface area contributed by atoms with Gasteiger partial charge in [0.1, 0.15) is 6.54 Å². The van der Waals surface area contributed by atoms with Crippen LogP contribution in [0.1, 0.15) is 27.0 Å². The van der Waals surface area contributed by atoms with Crippen molar-refractivity contribution in [1.29, 1.82) is 0 Å². The van der Waals surface area contributed by atoms with Crippen LogP contribution in [0.4, 0.5) is 5.69 Å². The number of hydrogen-bond donors (Lipinski definition) is 2. The number of primary sulfonamides is 1. The first-order valence-corrected chi connectivity index (χ1v) is 11.1. The number of sulfonamides is 1. The molecule has 164 valence electrons. The molecule has 0 saturated heterocycles. The summed E-state index contributed by atoms with van der Waals surface area (Å²) >= 11 is 0. The summed E-state index contributed by atoms with van der Waals surface area (Å²) in [6.07, 6.45) is 0.463. The Labute approximate surface area is 180 Å². The molecule has 0 atom stereocenters. The molecule has 0 aliphatic carbocycles. The smallest absolute Gasteiger partial charge is 0.325 e. The molecule has 0 spiro atoms. The molecule has 2 aromatic carbocycles. The number of anilines is 1. The highest BCUT2D eigenvalue weighted by Gasteiger charge is 2.26. The Morgan fingerprint density at radius 3 is 2.42 bits per heavy atom. The van der Waals surface area contributed by atoms with Gasteiger partial charge in [0, 0.05) is 17.8 Å². The average molecular weight is 445 g/mol. The van der Waals surface area contributed by atoms with E-state index in [0.717, 1.165) is 11.1 Å². The largest absolute Gasteiger partial charge is 0.454 e. The van der Waals surface area contributed by atoms with Crippen LogP contribution in [0.2, 0.25) is 0 Å². The summed E-state index contributed by atoms with van der Waals surface area (Å²) < 4.78 is 27.9. The van der Waals surface area contributed by atoms with E-state index in [0.29, 0.717) is 29.8 Å². The first kappa shape index (κ1) is 22.4. The molecule has 1 aliphatic rings. The van der Waals surface area contributed by atoms with Gasteiger partial charge < -0.3 is 15.0 Å². The lowest BCUT2D eigenvalue weighted by molar-refractivity contribution is -0.146.